The van der Waals surface area contributed by atoms with Gasteiger partial charge in [0.15, 0.2) is 0 Å². The molecule has 0 saturated carbocycles. The van der Waals surface area contributed by atoms with Crippen LogP contribution in [0.5, 0.6) is 0 Å². The molecule has 2 aromatic rings. The number of ether oxygens (including phenoxy) is 1. The SMILES string of the molecule is CCc1ccc(S(=O)(=O)Nc2ccc(N3CCOCC3)nc2)cc1. The van der Waals surface area contributed by atoms with Gasteiger partial charge in [0, 0.05) is 13.1 Å². The number of hydrogen-bond donors (Lipinski definition) is 1. The predicted octanol–water partition coefficient (Wildman–Crippen LogP) is 2.28. The van der Waals surface area contributed by atoms with Gasteiger partial charge in [0.05, 0.1) is 30.0 Å². The van der Waals surface area contributed by atoms with E-state index in [1.807, 2.05) is 25.1 Å². The largest absolute Gasteiger partial charge is 0.378 e. The lowest BCUT2D eigenvalue weighted by molar-refractivity contribution is 0.122. The summed E-state index contributed by atoms with van der Waals surface area (Å²) in [6.07, 6.45) is 2.42. The van der Waals surface area contributed by atoms with Crippen molar-refractivity contribution in [2.75, 3.05) is 35.9 Å². The highest BCUT2D eigenvalue weighted by Gasteiger charge is 2.15. The Bertz CT molecular complexity index is 768. The van der Waals surface area contributed by atoms with Crippen molar-refractivity contribution in [1.82, 2.24) is 4.98 Å². The molecule has 1 aliphatic heterocycles. The van der Waals surface area contributed by atoms with Crippen LogP contribution in [0.3, 0.4) is 0 Å². The smallest absolute Gasteiger partial charge is 0.261 e. The van der Waals surface area contributed by atoms with Crippen LogP contribution in [0.2, 0.25) is 0 Å². The van der Waals surface area contributed by atoms with Crippen LogP contribution in [-0.4, -0.2) is 39.7 Å². The highest BCUT2D eigenvalue weighted by molar-refractivity contribution is 7.92. The molecule has 0 radical (unpaired) electrons. The van der Waals surface area contributed by atoms with Crippen LogP contribution >= 0.6 is 0 Å². The number of hydrogen-bond acceptors (Lipinski definition) is 5. The second-order valence-corrected chi connectivity index (χ2v) is 7.29. The second kappa shape index (κ2) is 7.19. The molecule has 0 aliphatic carbocycles. The summed E-state index contributed by atoms with van der Waals surface area (Å²) in [6, 6.07) is 10.5. The first-order valence-corrected chi connectivity index (χ1v) is 9.47. The van der Waals surface area contributed by atoms with E-state index in [1.54, 1.807) is 24.4 Å². The Morgan fingerprint density at radius 1 is 1.12 bits per heavy atom. The first kappa shape index (κ1) is 16.7. The topological polar surface area (TPSA) is 71.5 Å². The average Bonchev–Trinajstić information content (AvgIpc) is 2.63. The summed E-state index contributed by atoms with van der Waals surface area (Å²) < 4.78 is 32.7. The van der Waals surface area contributed by atoms with E-state index in [-0.39, 0.29) is 4.90 Å². The minimum absolute atomic E-state index is 0.247. The summed E-state index contributed by atoms with van der Waals surface area (Å²) >= 11 is 0. The molecular weight excluding hydrogens is 326 g/mol. The van der Waals surface area contributed by atoms with Gasteiger partial charge in [-0.2, -0.15) is 0 Å². The van der Waals surface area contributed by atoms with Gasteiger partial charge >= 0.3 is 0 Å². The van der Waals surface area contributed by atoms with Crippen LogP contribution < -0.4 is 9.62 Å². The van der Waals surface area contributed by atoms with Crippen LogP contribution in [0.15, 0.2) is 47.5 Å². The molecule has 0 unspecified atom stereocenters. The van der Waals surface area contributed by atoms with Crippen molar-refractivity contribution in [2.24, 2.45) is 0 Å². The molecule has 3 rings (SSSR count). The number of aromatic nitrogens is 1. The zero-order valence-corrected chi connectivity index (χ0v) is 14.4. The van der Waals surface area contributed by atoms with E-state index in [9.17, 15) is 8.42 Å². The van der Waals surface area contributed by atoms with Crippen molar-refractivity contribution in [3.63, 3.8) is 0 Å². The number of nitrogens with zero attached hydrogens (tertiary/aromatic N) is 2. The Kier molecular flexibility index (Phi) is 5.01. The zero-order chi connectivity index (χ0) is 17.0. The average molecular weight is 347 g/mol. The van der Waals surface area contributed by atoms with Gasteiger partial charge in [-0.3, -0.25) is 4.72 Å². The van der Waals surface area contributed by atoms with Gasteiger partial charge in [-0.15, -0.1) is 0 Å². The summed E-state index contributed by atoms with van der Waals surface area (Å²) in [5, 5.41) is 0. The molecule has 1 saturated heterocycles. The standard InChI is InChI=1S/C17H21N3O3S/c1-2-14-3-6-16(7-4-14)24(21,22)19-15-5-8-17(18-13-15)20-9-11-23-12-10-20/h3-8,13,19H,2,9-12H2,1H3. The lowest BCUT2D eigenvalue weighted by Gasteiger charge is -2.27. The lowest BCUT2D eigenvalue weighted by Crippen LogP contribution is -2.36. The molecule has 6 nitrogen and oxygen atoms in total. The number of nitrogens with one attached hydrogen (secondary N) is 1. The van der Waals surface area contributed by atoms with Crippen LogP contribution in [0.4, 0.5) is 11.5 Å². The van der Waals surface area contributed by atoms with E-state index in [4.69, 9.17) is 4.74 Å². The van der Waals surface area contributed by atoms with E-state index in [0.717, 1.165) is 30.9 Å². The van der Waals surface area contributed by atoms with Crippen molar-refractivity contribution in [3.05, 3.63) is 48.2 Å². The third kappa shape index (κ3) is 3.85. The van der Waals surface area contributed by atoms with Crippen molar-refractivity contribution in [3.8, 4) is 0 Å². The number of morpholine rings is 1. The maximum Gasteiger partial charge on any atom is 0.261 e. The molecule has 0 bridgehead atoms. The van der Waals surface area contributed by atoms with Crippen LogP contribution in [0.1, 0.15) is 12.5 Å². The van der Waals surface area contributed by atoms with Gasteiger partial charge in [-0.1, -0.05) is 19.1 Å². The Morgan fingerprint density at radius 2 is 1.83 bits per heavy atom. The normalized spacial score (nSPS) is 15.3. The fraction of sp³-hybridized carbons (Fsp3) is 0.353. The predicted molar refractivity (Wildman–Crippen MR) is 93.9 cm³/mol. The summed E-state index contributed by atoms with van der Waals surface area (Å²) in [4.78, 5) is 6.71. The molecule has 1 fully saturated rings. The summed E-state index contributed by atoms with van der Waals surface area (Å²) in [5.41, 5.74) is 1.55. The quantitative estimate of drug-likeness (QED) is 0.898. The zero-order valence-electron chi connectivity index (χ0n) is 13.6. The molecular formula is C17H21N3O3S. The first-order chi connectivity index (χ1) is 11.6. The van der Waals surface area contributed by atoms with Crippen LogP contribution in [0.25, 0.3) is 0 Å². The van der Waals surface area contributed by atoms with Gasteiger partial charge in [0.25, 0.3) is 10.0 Å². The molecule has 24 heavy (non-hydrogen) atoms. The summed E-state index contributed by atoms with van der Waals surface area (Å²) in [5.74, 6) is 0.827. The minimum atomic E-state index is -3.60. The van der Waals surface area contributed by atoms with Crippen molar-refractivity contribution < 1.29 is 13.2 Å². The van der Waals surface area contributed by atoms with E-state index in [1.165, 1.54) is 0 Å². The molecule has 0 spiro atoms. The molecule has 0 amide bonds. The molecule has 1 aliphatic rings. The minimum Gasteiger partial charge on any atom is -0.378 e. The van der Waals surface area contributed by atoms with E-state index < -0.39 is 10.0 Å². The van der Waals surface area contributed by atoms with Crippen molar-refractivity contribution in [1.29, 1.82) is 0 Å². The number of rotatable bonds is 5. The molecule has 1 aromatic carbocycles. The highest BCUT2D eigenvalue weighted by atomic mass is 32.2. The maximum atomic E-state index is 12.4. The van der Waals surface area contributed by atoms with Gasteiger partial charge < -0.3 is 9.64 Å². The fourth-order valence-electron chi connectivity index (χ4n) is 2.54. The van der Waals surface area contributed by atoms with Gasteiger partial charge in [0.1, 0.15) is 5.82 Å². The Morgan fingerprint density at radius 3 is 2.42 bits per heavy atom. The van der Waals surface area contributed by atoms with E-state index in [0.29, 0.717) is 18.9 Å². The Labute approximate surface area is 142 Å². The molecule has 2 heterocycles. The van der Waals surface area contributed by atoms with Crippen molar-refractivity contribution >= 4 is 21.5 Å². The highest BCUT2D eigenvalue weighted by Crippen LogP contribution is 2.19. The fourth-order valence-corrected chi connectivity index (χ4v) is 3.59. The monoisotopic (exact) mass is 347 g/mol. The third-order valence-corrected chi connectivity index (χ3v) is 5.37. The lowest BCUT2D eigenvalue weighted by atomic mass is 10.2. The van der Waals surface area contributed by atoms with Crippen LogP contribution in [0, 0.1) is 0 Å². The summed E-state index contributed by atoms with van der Waals surface area (Å²) in [6.45, 7) is 4.99. The molecule has 1 N–H and O–H groups in total. The first-order valence-electron chi connectivity index (χ1n) is 7.99. The Balaban J connectivity index is 1.72. The molecule has 0 atom stereocenters. The van der Waals surface area contributed by atoms with Gasteiger partial charge in [0.2, 0.25) is 0 Å². The third-order valence-electron chi connectivity index (χ3n) is 3.98. The van der Waals surface area contributed by atoms with Crippen LogP contribution in [-0.2, 0) is 21.2 Å². The Hall–Kier alpha value is -2.12. The number of aryl methyl sites for hydroxylation is 1. The second-order valence-electron chi connectivity index (χ2n) is 5.61. The van der Waals surface area contributed by atoms with E-state index >= 15 is 0 Å². The number of anilines is 2. The van der Waals surface area contributed by atoms with Gasteiger partial charge in [-0.05, 0) is 36.2 Å². The van der Waals surface area contributed by atoms with Crippen molar-refractivity contribution in [2.45, 2.75) is 18.2 Å². The maximum absolute atomic E-state index is 12.4. The molecule has 1 aromatic heterocycles. The number of pyridine rings is 1. The van der Waals surface area contributed by atoms with E-state index in [2.05, 4.69) is 14.6 Å². The molecule has 128 valence electrons. The number of sulfonamides is 1. The van der Waals surface area contributed by atoms with Gasteiger partial charge in [-0.25, -0.2) is 13.4 Å². The molecule has 7 heteroatoms. The number of benzene rings is 1. The summed E-state index contributed by atoms with van der Waals surface area (Å²) in [7, 11) is -3.60.